The molecule has 2 aromatic heterocycles. The van der Waals surface area contributed by atoms with Crippen molar-refractivity contribution in [3.63, 3.8) is 0 Å². The first kappa shape index (κ1) is 13.0. The summed E-state index contributed by atoms with van der Waals surface area (Å²) in [6, 6.07) is 10.3. The third-order valence-electron chi connectivity index (χ3n) is 3.07. The summed E-state index contributed by atoms with van der Waals surface area (Å²) in [6.45, 7) is -0.444. The Balaban J connectivity index is 2.36. The SMILES string of the molecule is O=C(O)Cn1c(-c2cccnc2)nc2ccccc2c1=O. The van der Waals surface area contributed by atoms with Crippen LogP contribution < -0.4 is 5.56 Å². The first-order chi connectivity index (χ1) is 10.2. The van der Waals surface area contributed by atoms with E-state index in [1.165, 1.54) is 0 Å². The molecule has 0 spiro atoms. The lowest BCUT2D eigenvalue weighted by molar-refractivity contribution is -0.137. The molecule has 2 heterocycles. The van der Waals surface area contributed by atoms with Gasteiger partial charge in [-0.1, -0.05) is 12.1 Å². The molecule has 0 fully saturated rings. The van der Waals surface area contributed by atoms with Gasteiger partial charge in [0.05, 0.1) is 10.9 Å². The maximum absolute atomic E-state index is 12.5. The smallest absolute Gasteiger partial charge is 0.323 e. The molecule has 6 heteroatoms. The molecule has 0 atom stereocenters. The maximum Gasteiger partial charge on any atom is 0.323 e. The summed E-state index contributed by atoms with van der Waals surface area (Å²) in [5, 5.41) is 9.43. The largest absolute Gasteiger partial charge is 0.480 e. The molecule has 1 N–H and O–H groups in total. The van der Waals surface area contributed by atoms with Crippen molar-refractivity contribution in [2.24, 2.45) is 0 Å². The zero-order chi connectivity index (χ0) is 14.8. The Bertz CT molecular complexity index is 872. The van der Waals surface area contributed by atoms with Crippen LogP contribution in [0.25, 0.3) is 22.3 Å². The lowest BCUT2D eigenvalue weighted by Crippen LogP contribution is -2.27. The van der Waals surface area contributed by atoms with Crippen molar-refractivity contribution >= 4 is 16.9 Å². The topological polar surface area (TPSA) is 85.1 Å². The van der Waals surface area contributed by atoms with Gasteiger partial charge in [0, 0.05) is 18.0 Å². The summed E-state index contributed by atoms with van der Waals surface area (Å²) in [5.41, 5.74) is 0.756. The molecule has 3 aromatic rings. The highest BCUT2D eigenvalue weighted by Crippen LogP contribution is 2.17. The van der Waals surface area contributed by atoms with Gasteiger partial charge in [-0.15, -0.1) is 0 Å². The molecule has 21 heavy (non-hydrogen) atoms. The molecule has 0 saturated carbocycles. The molecule has 104 valence electrons. The van der Waals surface area contributed by atoms with Crippen molar-refractivity contribution in [2.75, 3.05) is 0 Å². The number of carbonyl (C=O) groups is 1. The van der Waals surface area contributed by atoms with Gasteiger partial charge >= 0.3 is 5.97 Å². The number of hydrogen-bond acceptors (Lipinski definition) is 4. The molecule has 0 aliphatic rings. The average molecular weight is 281 g/mol. The van der Waals surface area contributed by atoms with E-state index >= 15 is 0 Å². The number of aromatic nitrogens is 3. The minimum Gasteiger partial charge on any atom is -0.480 e. The van der Waals surface area contributed by atoms with Crippen molar-refractivity contribution in [1.29, 1.82) is 0 Å². The lowest BCUT2D eigenvalue weighted by Gasteiger charge is -2.11. The molecule has 0 saturated heterocycles. The normalized spacial score (nSPS) is 10.7. The summed E-state index contributed by atoms with van der Waals surface area (Å²) < 4.78 is 1.15. The monoisotopic (exact) mass is 281 g/mol. The fourth-order valence-electron chi connectivity index (χ4n) is 2.17. The number of carboxylic acid groups (broad SMARTS) is 1. The van der Waals surface area contributed by atoms with Gasteiger partial charge in [-0.2, -0.15) is 0 Å². The zero-order valence-electron chi connectivity index (χ0n) is 10.9. The van der Waals surface area contributed by atoms with Crippen LogP contribution in [0, 0.1) is 0 Å². The van der Waals surface area contributed by atoms with Gasteiger partial charge in [-0.25, -0.2) is 4.98 Å². The van der Waals surface area contributed by atoms with Crippen LogP contribution in [0.2, 0.25) is 0 Å². The Labute approximate surface area is 119 Å². The van der Waals surface area contributed by atoms with Gasteiger partial charge in [0.15, 0.2) is 0 Å². The van der Waals surface area contributed by atoms with Gasteiger partial charge in [-0.05, 0) is 24.3 Å². The minimum atomic E-state index is -1.10. The zero-order valence-corrected chi connectivity index (χ0v) is 10.9. The number of para-hydroxylation sites is 1. The summed E-state index contributed by atoms with van der Waals surface area (Å²) in [5.74, 6) is -0.798. The Hall–Kier alpha value is -3.02. The van der Waals surface area contributed by atoms with Crippen molar-refractivity contribution in [3.05, 3.63) is 59.1 Å². The van der Waals surface area contributed by atoms with Crippen molar-refractivity contribution < 1.29 is 9.90 Å². The van der Waals surface area contributed by atoms with Crippen LogP contribution in [-0.2, 0) is 11.3 Å². The van der Waals surface area contributed by atoms with Crippen LogP contribution in [0.1, 0.15) is 0 Å². The van der Waals surface area contributed by atoms with Crippen LogP contribution in [0.3, 0.4) is 0 Å². The van der Waals surface area contributed by atoms with Gasteiger partial charge < -0.3 is 5.11 Å². The number of aliphatic carboxylic acids is 1. The summed E-state index contributed by atoms with van der Waals surface area (Å²) in [6.07, 6.45) is 3.15. The molecule has 0 radical (unpaired) electrons. The van der Waals surface area contributed by atoms with Crippen molar-refractivity contribution in [3.8, 4) is 11.4 Å². The second-order valence-electron chi connectivity index (χ2n) is 4.48. The summed E-state index contributed by atoms with van der Waals surface area (Å²) in [7, 11) is 0. The number of nitrogens with zero attached hydrogens (tertiary/aromatic N) is 3. The van der Waals surface area contributed by atoms with Gasteiger partial charge in [0.1, 0.15) is 12.4 Å². The second kappa shape index (κ2) is 5.16. The fourth-order valence-corrected chi connectivity index (χ4v) is 2.17. The Morgan fingerprint density at radius 2 is 2.00 bits per heavy atom. The number of fused-ring (bicyclic) bond motifs is 1. The first-order valence-corrected chi connectivity index (χ1v) is 6.28. The van der Waals surface area contributed by atoms with Gasteiger partial charge in [0.2, 0.25) is 0 Å². The Morgan fingerprint density at radius 1 is 1.19 bits per heavy atom. The number of pyridine rings is 1. The first-order valence-electron chi connectivity index (χ1n) is 6.28. The van der Waals surface area contributed by atoms with E-state index in [0.29, 0.717) is 22.3 Å². The molecule has 0 aliphatic carbocycles. The predicted molar refractivity (Wildman–Crippen MR) is 76.9 cm³/mol. The third kappa shape index (κ3) is 2.38. The summed E-state index contributed by atoms with van der Waals surface area (Å²) >= 11 is 0. The van der Waals surface area contributed by atoms with Crippen LogP contribution in [0.15, 0.2) is 53.6 Å². The molecule has 0 bridgehead atoms. The van der Waals surface area contributed by atoms with E-state index in [-0.39, 0.29) is 5.56 Å². The lowest BCUT2D eigenvalue weighted by atomic mass is 10.2. The second-order valence-corrected chi connectivity index (χ2v) is 4.48. The quantitative estimate of drug-likeness (QED) is 0.787. The average Bonchev–Trinajstić information content (AvgIpc) is 2.50. The van der Waals surface area contributed by atoms with E-state index < -0.39 is 12.5 Å². The predicted octanol–water partition coefficient (Wildman–Crippen LogP) is 1.54. The minimum absolute atomic E-state index is 0.300. The number of carboxylic acids is 1. The van der Waals surface area contributed by atoms with E-state index in [1.54, 1.807) is 48.8 Å². The van der Waals surface area contributed by atoms with Crippen LogP contribution in [0.5, 0.6) is 0 Å². The van der Waals surface area contributed by atoms with Crippen LogP contribution in [-0.4, -0.2) is 25.6 Å². The molecule has 3 rings (SSSR count). The summed E-state index contributed by atoms with van der Waals surface area (Å²) in [4.78, 5) is 31.9. The maximum atomic E-state index is 12.5. The standard InChI is InChI=1S/C15H11N3O3/c19-13(20)9-18-14(10-4-3-7-16-8-10)17-12-6-2-1-5-11(12)15(18)21/h1-8H,9H2,(H,19,20). The van der Waals surface area contributed by atoms with Crippen LogP contribution >= 0.6 is 0 Å². The van der Waals surface area contributed by atoms with E-state index in [4.69, 9.17) is 5.11 Å². The third-order valence-corrected chi connectivity index (χ3v) is 3.07. The van der Waals surface area contributed by atoms with Crippen molar-refractivity contribution in [2.45, 2.75) is 6.54 Å². The van der Waals surface area contributed by atoms with Crippen LogP contribution in [0.4, 0.5) is 0 Å². The highest BCUT2D eigenvalue weighted by atomic mass is 16.4. The Kier molecular flexibility index (Phi) is 3.19. The Morgan fingerprint density at radius 3 is 2.71 bits per heavy atom. The van der Waals surface area contributed by atoms with E-state index in [9.17, 15) is 9.59 Å². The molecular formula is C15H11N3O3. The molecule has 0 amide bonds. The van der Waals surface area contributed by atoms with Gasteiger partial charge in [-0.3, -0.25) is 19.1 Å². The van der Waals surface area contributed by atoms with E-state index in [0.717, 1.165) is 4.57 Å². The molecule has 1 aromatic carbocycles. The fraction of sp³-hybridized carbons (Fsp3) is 0.0667. The van der Waals surface area contributed by atoms with E-state index in [1.807, 2.05) is 0 Å². The molecule has 0 aliphatic heterocycles. The molecular weight excluding hydrogens is 270 g/mol. The molecule has 6 nitrogen and oxygen atoms in total. The van der Waals surface area contributed by atoms with E-state index in [2.05, 4.69) is 9.97 Å². The number of hydrogen-bond donors (Lipinski definition) is 1. The highest BCUT2D eigenvalue weighted by molar-refractivity contribution is 5.80. The highest BCUT2D eigenvalue weighted by Gasteiger charge is 2.14. The van der Waals surface area contributed by atoms with Gasteiger partial charge in [0.25, 0.3) is 5.56 Å². The number of benzene rings is 1. The number of rotatable bonds is 3. The van der Waals surface area contributed by atoms with Crippen molar-refractivity contribution in [1.82, 2.24) is 14.5 Å². The molecule has 0 unspecified atom stereocenters.